The molecule has 0 spiro atoms. The summed E-state index contributed by atoms with van der Waals surface area (Å²) in [5.41, 5.74) is 0. The number of hydrogen-bond acceptors (Lipinski definition) is 3. The quantitative estimate of drug-likeness (QED) is 0.589. The number of carbonyl (C=O) groups is 1. The summed E-state index contributed by atoms with van der Waals surface area (Å²) in [6.45, 7) is 1.13. The van der Waals surface area contributed by atoms with Crippen molar-refractivity contribution < 1.29 is 9.53 Å². The molecule has 1 amide bonds. The SMILES string of the molecule is COCCNC(=O)CSc1ccccc1. The second-order valence-electron chi connectivity index (χ2n) is 2.94. The van der Waals surface area contributed by atoms with Crippen LogP contribution in [-0.4, -0.2) is 31.9 Å². The van der Waals surface area contributed by atoms with E-state index in [1.807, 2.05) is 30.3 Å². The van der Waals surface area contributed by atoms with Crippen molar-refractivity contribution in [3.8, 4) is 0 Å². The maximum absolute atomic E-state index is 11.3. The third-order valence-electron chi connectivity index (χ3n) is 1.74. The van der Waals surface area contributed by atoms with Crippen molar-refractivity contribution in [1.82, 2.24) is 5.32 Å². The predicted octanol–water partition coefficient (Wildman–Crippen LogP) is 1.54. The van der Waals surface area contributed by atoms with E-state index in [4.69, 9.17) is 4.74 Å². The van der Waals surface area contributed by atoms with Crippen molar-refractivity contribution in [2.45, 2.75) is 4.90 Å². The number of carbonyl (C=O) groups excluding carboxylic acids is 1. The highest BCUT2D eigenvalue weighted by Crippen LogP contribution is 2.15. The van der Waals surface area contributed by atoms with Gasteiger partial charge in [-0.1, -0.05) is 18.2 Å². The molecular formula is C11H15NO2S. The van der Waals surface area contributed by atoms with E-state index in [1.165, 1.54) is 11.8 Å². The van der Waals surface area contributed by atoms with Crippen LogP contribution in [0.3, 0.4) is 0 Å². The van der Waals surface area contributed by atoms with Crippen LogP contribution in [0.2, 0.25) is 0 Å². The van der Waals surface area contributed by atoms with Crippen molar-refractivity contribution in [2.75, 3.05) is 26.0 Å². The number of rotatable bonds is 6. The second-order valence-corrected chi connectivity index (χ2v) is 3.99. The first-order valence-corrected chi connectivity index (χ1v) is 5.75. The van der Waals surface area contributed by atoms with E-state index in [0.717, 1.165) is 4.90 Å². The Kier molecular flexibility index (Phi) is 5.88. The number of methoxy groups -OCH3 is 1. The van der Waals surface area contributed by atoms with Gasteiger partial charge in [-0.3, -0.25) is 4.79 Å². The fourth-order valence-electron chi connectivity index (χ4n) is 1.01. The summed E-state index contributed by atoms with van der Waals surface area (Å²) < 4.78 is 4.83. The first-order valence-electron chi connectivity index (χ1n) is 4.76. The second kappa shape index (κ2) is 7.31. The van der Waals surface area contributed by atoms with Crippen LogP contribution in [0.5, 0.6) is 0 Å². The number of nitrogens with one attached hydrogen (secondary N) is 1. The first-order chi connectivity index (χ1) is 7.33. The first kappa shape index (κ1) is 12.1. The van der Waals surface area contributed by atoms with Gasteiger partial charge in [-0.15, -0.1) is 11.8 Å². The standard InChI is InChI=1S/C11H15NO2S/c1-14-8-7-12-11(13)9-15-10-5-3-2-4-6-10/h2-6H,7-9H2,1H3,(H,12,13). The molecule has 0 saturated carbocycles. The maximum atomic E-state index is 11.3. The highest BCUT2D eigenvalue weighted by atomic mass is 32.2. The van der Waals surface area contributed by atoms with Gasteiger partial charge >= 0.3 is 0 Å². The average molecular weight is 225 g/mol. The Labute approximate surface area is 94.2 Å². The van der Waals surface area contributed by atoms with Crippen LogP contribution in [0.15, 0.2) is 35.2 Å². The van der Waals surface area contributed by atoms with Gasteiger partial charge in [0.15, 0.2) is 0 Å². The van der Waals surface area contributed by atoms with E-state index in [0.29, 0.717) is 18.9 Å². The minimum absolute atomic E-state index is 0.0425. The van der Waals surface area contributed by atoms with Crippen molar-refractivity contribution in [3.63, 3.8) is 0 Å². The maximum Gasteiger partial charge on any atom is 0.230 e. The van der Waals surface area contributed by atoms with Crippen LogP contribution < -0.4 is 5.32 Å². The van der Waals surface area contributed by atoms with E-state index in [2.05, 4.69) is 5.32 Å². The molecule has 0 aliphatic rings. The molecule has 3 nitrogen and oxygen atoms in total. The Morgan fingerprint density at radius 3 is 2.80 bits per heavy atom. The van der Waals surface area contributed by atoms with Gasteiger partial charge in [0.2, 0.25) is 5.91 Å². The Morgan fingerprint density at radius 1 is 1.40 bits per heavy atom. The fraction of sp³-hybridized carbons (Fsp3) is 0.364. The third-order valence-corrected chi connectivity index (χ3v) is 2.75. The molecule has 1 aromatic rings. The lowest BCUT2D eigenvalue weighted by molar-refractivity contribution is -0.118. The summed E-state index contributed by atoms with van der Waals surface area (Å²) in [4.78, 5) is 12.4. The highest BCUT2D eigenvalue weighted by molar-refractivity contribution is 8.00. The summed E-state index contributed by atoms with van der Waals surface area (Å²) in [6.07, 6.45) is 0. The molecule has 1 aromatic carbocycles. The Balaban J connectivity index is 2.17. The lowest BCUT2D eigenvalue weighted by Crippen LogP contribution is -2.28. The lowest BCUT2D eigenvalue weighted by atomic mass is 10.4. The van der Waals surface area contributed by atoms with E-state index in [9.17, 15) is 4.79 Å². The molecule has 0 bridgehead atoms. The van der Waals surface area contributed by atoms with Gasteiger partial charge in [0.05, 0.1) is 12.4 Å². The largest absolute Gasteiger partial charge is 0.383 e. The number of ether oxygens (including phenoxy) is 1. The van der Waals surface area contributed by atoms with E-state index in [-0.39, 0.29) is 5.91 Å². The van der Waals surface area contributed by atoms with Crippen molar-refractivity contribution >= 4 is 17.7 Å². The van der Waals surface area contributed by atoms with Crippen LogP contribution in [-0.2, 0) is 9.53 Å². The minimum Gasteiger partial charge on any atom is -0.383 e. The van der Waals surface area contributed by atoms with Crippen LogP contribution in [0.4, 0.5) is 0 Å². The Morgan fingerprint density at radius 2 is 2.13 bits per heavy atom. The monoisotopic (exact) mass is 225 g/mol. The zero-order valence-electron chi connectivity index (χ0n) is 8.73. The Hall–Kier alpha value is -1.00. The molecule has 0 atom stereocenters. The van der Waals surface area contributed by atoms with Crippen LogP contribution in [0.25, 0.3) is 0 Å². The average Bonchev–Trinajstić information content (AvgIpc) is 2.28. The van der Waals surface area contributed by atoms with Gasteiger partial charge in [0.1, 0.15) is 0 Å². The number of thioether (sulfide) groups is 1. The van der Waals surface area contributed by atoms with Gasteiger partial charge in [-0.05, 0) is 12.1 Å². The summed E-state index contributed by atoms with van der Waals surface area (Å²) in [5, 5.41) is 2.77. The number of benzene rings is 1. The van der Waals surface area contributed by atoms with Crippen LogP contribution in [0.1, 0.15) is 0 Å². The normalized spacial score (nSPS) is 9.93. The van der Waals surface area contributed by atoms with Gasteiger partial charge in [-0.2, -0.15) is 0 Å². The summed E-state index contributed by atoms with van der Waals surface area (Å²) in [5.74, 6) is 0.495. The molecule has 82 valence electrons. The summed E-state index contributed by atoms with van der Waals surface area (Å²) in [6, 6.07) is 9.87. The predicted molar refractivity (Wildman–Crippen MR) is 62.1 cm³/mol. The number of amides is 1. The smallest absolute Gasteiger partial charge is 0.230 e. The molecule has 15 heavy (non-hydrogen) atoms. The van der Waals surface area contributed by atoms with Crippen molar-refractivity contribution in [1.29, 1.82) is 0 Å². The third kappa shape index (κ3) is 5.44. The molecule has 0 fully saturated rings. The molecule has 0 saturated heterocycles. The minimum atomic E-state index is 0.0425. The summed E-state index contributed by atoms with van der Waals surface area (Å²) in [7, 11) is 1.62. The molecule has 1 N–H and O–H groups in total. The molecule has 4 heteroatoms. The fourth-order valence-corrected chi connectivity index (χ4v) is 1.76. The zero-order valence-corrected chi connectivity index (χ0v) is 9.55. The molecule has 0 aliphatic carbocycles. The topological polar surface area (TPSA) is 38.3 Å². The van der Waals surface area contributed by atoms with Gasteiger partial charge in [-0.25, -0.2) is 0 Å². The van der Waals surface area contributed by atoms with Crippen molar-refractivity contribution in [3.05, 3.63) is 30.3 Å². The molecule has 0 aromatic heterocycles. The van der Waals surface area contributed by atoms with E-state index < -0.39 is 0 Å². The van der Waals surface area contributed by atoms with Gasteiger partial charge in [0, 0.05) is 18.6 Å². The van der Waals surface area contributed by atoms with Crippen LogP contribution in [0, 0.1) is 0 Å². The van der Waals surface area contributed by atoms with Gasteiger partial charge in [0.25, 0.3) is 0 Å². The van der Waals surface area contributed by atoms with Crippen molar-refractivity contribution in [2.24, 2.45) is 0 Å². The molecule has 0 unspecified atom stereocenters. The van der Waals surface area contributed by atoms with E-state index in [1.54, 1.807) is 7.11 Å². The lowest BCUT2D eigenvalue weighted by Gasteiger charge is -2.03. The van der Waals surface area contributed by atoms with Gasteiger partial charge < -0.3 is 10.1 Å². The zero-order chi connectivity index (χ0) is 10.9. The van der Waals surface area contributed by atoms with E-state index >= 15 is 0 Å². The Bertz CT molecular complexity index is 290. The van der Waals surface area contributed by atoms with Crippen LogP contribution >= 0.6 is 11.8 Å². The molecule has 0 aliphatic heterocycles. The molecule has 1 rings (SSSR count). The molecule has 0 radical (unpaired) electrons. The number of hydrogen-bond donors (Lipinski definition) is 1. The molecule has 0 heterocycles. The summed E-state index contributed by atoms with van der Waals surface area (Å²) >= 11 is 1.53. The highest BCUT2D eigenvalue weighted by Gasteiger charge is 2.00. The molecular weight excluding hydrogens is 210 g/mol.